The summed E-state index contributed by atoms with van der Waals surface area (Å²) >= 11 is 13.9. The van der Waals surface area contributed by atoms with Gasteiger partial charge in [0.1, 0.15) is 4.83 Å². The van der Waals surface area contributed by atoms with Gasteiger partial charge in [-0.15, -0.1) is 11.3 Å². The lowest BCUT2D eigenvalue weighted by atomic mass is 9.97. The smallest absolute Gasteiger partial charge is 0.332 e. The van der Waals surface area contributed by atoms with E-state index in [1.165, 1.54) is 9.44 Å². The van der Waals surface area contributed by atoms with Crippen molar-refractivity contribution in [1.29, 1.82) is 0 Å². The first-order valence-corrected chi connectivity index (χ1v) is 13.4. The number of hydrogen-bond acceptors (Lipinski definition) is 5. The number of fused-ring (bicyclic) bond motifs is 3. The fraction of sp³-hybridized carbons (Fsp3) is 0.333. The number of methoxy groups -OCH3 is 2. The van der Waals surface area contributed by atoms with Crippen LogP contribution in [0.2, 0.25) is 10.0 Å². The molecule has 0 spiro atoms. The number of benzene rings is 2. The lowest BCUT2D eigenvalue weighted by Crippen LogP contribution is -2.40. The molecular formula is C27H26Cl2N2O4S. The molecule has 36 heavy (non-hydrogen) atoms. The molecule has 1 aliphatic carbocycles. The van der Waals surface area contributed by atoms with Crippen LogP contribution in [0.25, 0.3) is 10.2 Å². The number of aryl methyl sites for hydroxylation is 3. The Morgan fingerprint density at radius 2 is 1.64 bits per heavy atom. The molecule has 0 atom stereocenters. The third-order valence-corrected chi connectivity index (χ3v) is 8.77. The van der Waals surface area contributed by atoms with Gasteiger partial charge >= 0.3 is 5.69 Å². The van der Waals surface area contributed by atoms with Gasteiger partial charge in [0.05, 0.1) is 36.2 Å². The molecular weight excluding hydrogens is 519 g/mol. The maximum Gasteiger partial charge on any atom is 0.332 e. The minimum atomic E-state index is -0.322. The predicted molar refractivity (Wildman–Crippen MR) is 146 cm³/mol. The van der Waals surface area contributed by atoms with E-state index in [0.29, 0.717) is 39.9 Å². The van der Waals surface area contributed by atoms with Crippen molar-refractivity contribution >= 4 is 44.8 Å². The van der Waals surface area contributed by atoms with Gasteiger partial charge in [0.25, 0.3) is 5.56 Å². The molecule has 9 heteroatoms. The third kappa shape index (κ3) is 4.56. The first kappa shape index (κ1) is 24.9. The average Bonchev–Trinajstić information content (AvgIpc) is 3.28. The van der Waals surface area contributed by atoms with Crippen molar-refractivity contribution in [3.05, 3.63) is 88.8 Å². The van der Waals surface area contributed by atoms with E-state index in [9.17, 15) is 9.59 Å². The monoisotopic (exact) mass is 544 g/mol. The molecule has 0 amide bonds. The average molecular weight is 545 g/mol. The summed E-state index contributed by atoms with van der Waals surface area (Å²) in [6.45, 7) is 0.567. The van der Waals surface area contributed by atoms with E-state index < -0.39 is 0 Å². The van der Waals surface area contributed by atoms with Crippen LogP contribution in [0, 0.1) is 0 Å². The minimum Gasteiger partial charge on any atom is -0.493 e. The number of ether oxygens (including phenoxy) is 2. The molecule has 0 N–H and O–H groups in total. The van der Waals surface area contributed by atoms with E-state index in [1.807, 2.05) is 24.3 Å². The number of nitrogens with zero attached hydrogens (tertiary/aromatic N) is 2. The summed E-state index contributed by atoms with van der Waals surface area (Å²) in [5.41, 5.74) is 2.37. The molecule has 2 heterocycles. The minimum absolute atomic E-state index is 0.208. The van der Waals surface area contributed by atoms with Gasteiger partial charge in [-0.05, 0) is 73.1 Å². The Labute approximate surface area is 222 Å². The summed E-state index contributed by atoms with van der Waals surface area (Å²) in [6.07, 6.45) is 4.46. The van der Waals surface area contributed by atoms with Gasteiger partial charge in [0, 0.05) is 11.4 Å². The van der Waals surface area contributed by atoms with Crippen LogP contribution >= 0.6 is 34.5 Å². The molecule has 0 aliphatic heterocycles. The van der Waals surface area contributed by atoms with Gasteiger partial charge in [-0.3, -0.25) is 13.9 Å². The SMILES string of the molecule is COc1ccc(CCn2c(=O)c3c4c(sc3n(Cc3ccc(Cl)c(Cl)c3)c2=O)CCCC4)cc1OC. The fourth-order valence-corrected chi connectivity index (χ4v) is 6.54. The van der Waals surface area contributed by atoms with E-state index in [4.69, 9.17) is 32.7 Å². The van der Waals surface area contributed by atoms with Gasteiger partial charge in [-0.1, -0.05) is 35.3 Å². The molecule has 2 aromatic carbocycles. The van der Waals surface area contributed by atoms with Crippen molar-refractivity contribution in [2.45, 2.75) is 45.2 Å². The van der Waals surface area contributed by atoms with Crippen LogP contribution in [0.15, 0.2) is 46.0 Å². The molecule has 0 bridgehead atoms. The predicted octanol–water partition coefficient (Wildman–Crippen LogP) is 5.72. The standard InChI is InChI=1S/C27H26Cl2N2O4S/c1-34-21-10-8-16(14-22(21)35-2)11-12-30-25(32)24-18-5-3-4-6-23(18)36-26(24)31(27(30)33)15-17-7-9-19(28)20(29)13-17/h7-10,13-14H,3-6,11-12,15H2,1-2H3. The van der Waals surface area contributed by atoms with Crippen LogP contribution in [0.3, 0.4) is 0 Å². The number of halogens is 2. The highest BCUT2D eigenvalue weighted by molar-refractivity contribution is 7.18. The molecule has 0 unspecified atom stereocenters. The van der Waals surface area contributed by atoms with Crippen LogP contribution in [0.5, 0.6) is 11.5 Å². The van der Waals surface area contributed by atoms with Gasteiger partial charge in [-0.25, -0.2) is 4.79 Å². The largest absolute Gasteiger partial charge is 0.493 e. The Balaban J connectivity index is 1.61. The first-order valence-electron chi connectivity index (χ1n) is 11.8. The van der Waals surface area contributed by atoms with Crippen molar-refractivity contribution < 1.29 is 9.47 Å². The summed E-state index contributed by atoms with van der Waals surface area (Å²) in [5.74, 6) is 1.25. The van der Waals surface area contributed by atoms with Crippen molar-refractivity contribution in [3.8, 4) is 11.5 Å². The van der Waals surface area contributed by atoms with Crippen molar-refractivity contribution in [2.24, 2.45) is 0 Å². The second-order valence-corrected chi connectivity index (χ2v) is 10.8. The second-order valence-electron chi connectivity index (χ2n) is 8.90. The van der Waals surface area contributed by atoms with E-state index in [1.54, 1.807) is 42.3 Å². The maximum absolute atomic E-state index is 13.7. The zero-order valence-corrected chi connectivity index (χ0v) is 22.4. The quantitative estimate of drug-likeness (QED) is 0.298. The fourth-order valence-electron chi connectivity index (χ4n) is 4.85. The molecule has 0 saturated heterocycles. The Bertz CT molecular complexity index is 1570. The van der Waals surface area contributed by atoms with E-state index >= 15 is 0 Å². The zero-order valence-electron chi connectivity index (χ0n) is 20.1. The molecule has 4 aromatic rings. The Morgan fingerprint density at radius 1 is 0.889 bits per heavy atom. The summed E-state index contributed by atoms with van der Waals surface area (Å²) in [4.78, 5) is 29.4. The first-order chi connectivity index (χ1) is 17.4. The van der Waals surface area contributed by atoms with E-state index in [2.05, 4.69) is 0 Å². The highest BCUT2D eigenvalue weighted by Crippen LogP contribution is 2.35. The number of aromatic nitrogens is 2. The summed E-state index contributed by atoms with van der Waals surface area (Å²) in [5, 5.41) is 1.58. The van der Waals surface area contributed by atoms with E-state index in [-0.39, 0.29) is 17.8 Å². The summed E-state index contributed by atoms with van der Waals surface area (Å²) in [6, 6.07) is 11.0. The number of thiophene rings is 1. The topological polar surface area (TPSA) is 62.5 Å². The van der Waals surface area contributed by atoms with Gasteiger partial charge in [-0.2, -0.15) is 0 Å². The Kier molecular flexibility index (Phi) is 7.15. The Morgan fingerprint density at radius 3 is 2.39 bits per heavy atom. The highest BCUT2D eigenvalue weighted by Gasteiger charge is 2.24. The highest BCUT2D eigenvalue weighted by atomic mass is 35.5. The molecule has 0 saturated carbocycles. The van der Waals surface area contributed by atoms with Crippen LogP contribution in [0.1, 0.15) is 34.4 Å². The second kappa shape index (κ2) is 10.3. The van der Waals surface area contributed by atoms with Crippen molar-refractivity contribution in [3.63, 3.8) is 0 Å². The lowest BCUT2D eigenvalue weighted by Gasteiger charge is -2.14. The Hall–Kier alpha value is -2.74. The van der Waals surface area contributed by atoms with Crippen LogP contribution in [-0.4, -0.2) is 23.4 Å². The zero-order chi connectivity index (χ0) is 25.4. The molecule has 0 fully saturated rings. The molecule has 0 radical (unpaired) electrons. The summed E-state index contributed by atoms with van der Waals surface area (Å²) < 4.78 is 13.8. The summed E-state index contributed by atoms with van der Waals surface area (Å²) in [7, 11) is 3.17. The molecule has 188 valence electrons. The number of hydrogen-bond donors (Lipinski definition) is 0. The molecule has 2 aromatic heterocycles. The molecule has 1 aliphatic rings. The van der Waals surface area contributed by atoms with Crippen LogP contribution < -0.4 is 20.7 Å². The van der Waals surface area contributed by atoms with Crippen molar-refractivity contribution in [2.75, 3.05) is 14.2 Å². The lowest BCUT2D eigenvalue weighted by molar-refractivity contribution is 0.354. The number of rotatable bonds is 7. The molecule has 5 rings (SSSR count). The third-order valence-electron chi connectivity index (χ3n) is 6.72. The molecule has 6 nitrogen and oxygen atoms in total. The van der Waals surface area contributed by atoms with Gasteiger partial charge in [0.15, 0.2) is 11.5 Å². The normalized spacial score (nSPS) is 13.1. The van der Waals surface area contributed by atoms with E-state index in [0.717, 1.165) is 47.2 Å². The van der Waals surface area contributed by atoms with Gasteiger partial charge in [0.2, 0.25) is 0 Å². The van der Waals surface area contributed by atoms with Gasteiger partial charge < -0.3 is 9.47 Å². The van der Waals surface area contributed by atoms with Crippen LogP contribution in [-0.2, 0) is 32.4 Å². The van der Waals surface area contributed by atoms with Crippen LogP contribution in [0.4, 0.5) is 0 Å². The van der Waals surface area contributed by atoms with Crippen molar-refractivity contribution in [1.82, 2.24) is 9.13 Å². The maximum atomic E-state index is 13.7.